The van der Waals surface area contributed by atoms with Crippen LogP contribution < -0.4 is 14.6 Å². The first kappa shape index (κ1) is 22.9. The SMILES string of the molecule is COc1ccc(C(O)=C2C(=O)C(=O)N(CCC[NH+]3CCOCC3)C2c2cc[nH+]cc2)cc1C. The monoisotopic (exact) mass is 453 g/mol. The van der Waals surface area contributed by atoms with Gasteiger partial charge >= 0.3 is 0 Å². The number of carbonyl (C=O) groups excluding carboxylic acids is 2. The first-order valence-electron chi connectivity index (χ1n) is 11.3. The molecule has 3 heterocycles. The molecule has 33 heavy (non-hydrogen) atoms. The highest BCUT2D eigenvalue weighted by molar-refractivity contribution is 6.46. The number of aryl methyl sites for hydroxylation is 1. The van der Waals surface area contributed by atoms with Crippen molar-refractivity contribution < 1.29 is 34.1 Å². The number of hydrogen-bond acceptors (Lipinski definition) is 5. The molecular formula is C25H31N3O5+2. The van der Waals surface area contributed by atoms with Gasteiger partial charge in [0.05, 0.1) is 38.5 Å². The Kier molecular flexibility index (Phi) is 7.05. The molecule has 0 saturated carbocycles. The first-order valence-corrected chi connectivity index (χ1v) is 11.3. The van der Waals surface area contributed by atoms with Gasteiger partial charge in [0.15, 0.2) is 12.4 Å². The Morgan fingerprint density at radius 1 is 1.21 bits per heavy atom. The van der Waals surface area contributed by atoms with Gasteiger partial charge in [-0.1, -0.05) is 0 Å². The van der Waals surface area contributed by atoms with Gasteiger partial charge < -0.3 is 24.4 Å². The third-order valence-electron chi connectivity index (χ3n) is 6.40. The Hall–Kier alpha value is -3.23. The number of morpholine rings is 1. The van der Waals surface area contributed by atoms with Crippen LogP contribution in [0.15, 0.2) is 48.3 Å². The van der Waals surface area contributed by atoms with Gasteiger partial charge in [-0.2, -0.15) is 0 Å². The summed E-state index contributed by atoms with van der Waals surface area (Å²) in [5.41, 5.74) is 2.21. The minimum atomic E-state index is -0.655. The Labute approximate surface area is 193 Å². The lowest BCUT2D eigenvalue weighted by Gasteiger charge is -2.27. The Morgan fingerprint density at radius 3 is 2.61 bits per heavy atom. The van der Waals surface area contributed by atoms with Crippen LogP contribution in [-0.2, 0) is 14.3 Å². The minimum absolute atomic E-state index is 0.120. The summed E-state index contributed by atoms with van der Waals surface area (Å²) in [6.07, 6.45) is 4.27. The highest BCUT2D eigenvalue weighted by Crippen LogP contribution is 2.39. The van der Waals surface area contributed by atoms with Crippen molar-refractivity contribution in [2.75, 3.05) is 46.5 Å². The molecule has 174 valence electrons. The highest BCUT2D eigenvalue weighted by Gasteiger charge is 2.46. The molecule has 2 aliphatic rings. The van der Waals surface area contributed by atoms with Gasteiger partial charge in [0.2, 0.25) is 0 Å². The second-order valence-electron chi connectivity index (χ2n) is 8.48. The average Bonchev–Trinajstić information content (AvgIpc) is 3.10. The molecule has 2 aromatic rings. The number of ketones is 1. The fraction of sp³-hybridized carbons (Fsp3) is 0.400. The quantitative estimate of drug-likeness (QED) is 0.363. The zero-order chi connectivity index (χ0) is 23.4. The molecule has 8 nitrogen and oxygen atoms in total. The number of aliphatic hydroxyl groups excluding tert-OH is 1. The predicted octanol–water partition coefficient (Wildman–Crippen LogP) is 0.545. The number of aromatic amines is 1. The molecule has 1 aromatic heterocycles. The normalized spacial score (nSPS) is 20.9. The summed E-state index contributed by atoms with van der Waals surface area (Å²) in [7, 11) is 1.58. The molecular weight excluding hydrogens is 422 g/mol. The third-order valence-corrected chi connectivity index (χ3v) is 6.40. The number of nitrogens with one attached hydrogen (secondary N) is 2. The van der Waals surface area contributed by atoms with Gasteiger partial charge in [0, 0.05) is 30.7 Å². The smallest absolute Gasteiger partial charge is 0.295 e. The molecule has 2 aliphatic heterocycles. The van der Waals surface area contributed by atoms with E-state index in [-0.39, 0.29) is 11.3 Å². The van der Waals surface area contributed by atoms with E-state index in [1.807, 2.05) is 19.1 Å². The molecule has 3 N–H and O–H groups in total. The number of carbonyl (C=O) groups is 2. The largest absolute Gasteiger partial charge is 0.507 e. The van der Waals surface area contributed by atoms with Crippen LogP contribution in [0, 0.1) is 6.92 Å². The average molecular weight is 454 g/mol. The maximum Gasteiger partial charge on any atom is 0.295 e. The number of rotatable bonds is 7. The zero-order valence-electron chi connectivity index (χ0n) is 19.1. The Bertz CT molecular complexity index is 1050. The Balaban J connectivity index is 1.66. The van der Waals surface area contributed by atoms with Crippen LogP contribution in [0.3, 0.4) is 0 Å². The fourth-order valence-electron chi connectivity index (χ4n) is 4.63. The zero-order valence-corrected chi connectivity index (χ0v) is 19.1. The van der Waals surface area contributed by atoms with Crippen LogP contribution in [0.4, 0.5) is 0 Å². The molecule has 1 amide bonds. The van der Waals surface area contributed by atoms with E-state index in [2.05, 4.69) is 4.98 Å². The number of amides is 1. The molecule has 2 saturated heterocycles. The van der Waals surface area contributed by atoms with Crippen molar-refractivity contribution in [2.45, 2.75) is 19.4 Å². The van der Waals surface area contributed by atoms with Crippen molar-refractivity contribution in [2.24, 2.45) is 0 Å². The fourth-order valence-corrected chi connectivity index (χ4v) is 4.63. The van der Waals surface area contributed by atoms with Crippen LogP contribution in [0.2, 0.25) is 0 Å². The second-order valence-corrected chi connectivity index (χ2v) is 8.48. The number of aromatic nitrogens is 1. The number of methoxy groups -OCH3 is 1. The van der Waals surface area contributed by atoms with Crippen LogP contribution >= 0.6 is 0 Å². The van der Waals surface area contributed by atoms with E-state index in [9.17, 15) is 14.7 Å². The van der Waals surface area contributed by atoms with E-state index in [0.29, 0.717) is 17.9 Å². The van der Waals surface area contributed by atoms with E-state index < -0.39 is 17.7 Å². The Morgan fingerprint density at radius 2 is 1.94 bits per heavy atom. The van der Waals surface area contributed by atoms with Gasteiger partial charge in [-0.3, -0.25) is 9.59 Å². The van der Waals surface area contributed by atoms with Crippen LogP contribution in [-0.4, -0.2) is 68.2 Å². The summed E-state index contributed by atoms with van der Waals surface area (Å²) in [4.78, 5) is 32.2. The van der Waals surface area contributed by atoms with Gasteiger partial charge in [-0.05, 0) is 36.2 Å². The lowest BCUT2D eigenvalue weighted by Crippen LogP contribution is -3.14. The number of ether oxygens (including phenoxy) is 2. The molecule has 1 unspecified atom stereocenters. The summed E-state index contributed by atoms with van der Waals surface area (Å²) in [5.74, 6) is -0.708. The van der Waals surface area contributed by atoms with E-state index in [4.69, 9.17) is 9.47 Å². The van der Waals surface area contributed by atoms with Crippen molar-refractivity contribution >= 4 is 17.4 Å². The maximum absolute atomic E-state index is 13.1. The van der Waals surface area contributed by atoms with Crippen molar-refractivity contribution in [1.82, 2.24) is 4.90 Å². The topological polar surface area (TPSA) is 94.7 Å². The van der Waals surface area contributed by atoms with E-state index in [1.165, 1.54) is 4.90 Å². The molecule has 1 aromatic carbocycles. The molecule has 0 spiro atoms. The number of benzene rings is 1. The van der Waals surface area contributed by atoms with Crippen LogP contribution in [0.1, 0.15) is 29.2 Å². The number of pyridine rings is 1. The predicted molar refractivity (Wildman–Crippen MR) is 121 cm³/mol. The summed E-state index contributed by atoms with van der Waals surface area (Å²) < 4.78 is 10.7. The molecule has 0 aliphatic carbocycles. The van der Waals surface area contributed by atoms with Gasteiger partial charge in [0.25, 0.3) is 11.7 Å². The maximum atomic E-state index is 13.1. The molecule has 1 atom stereocenters. The summed E-state index contributed by atoms with van der Waals surface area (Å²) in [6.45, 7) is 6.62. The second kappa shape index (κ2) is 10.1. The van der Waals surface area contributed by atoms with Gasteiger partial charge in [0.1, 0.15) is 24.6 Å². The number of hydrogen-bond donors (Lipinski definition) is 2. The number of likely N-dealkylation sites (tertiary alicyclic amines) is 1. The lowest BCUT2D eigenvalue weighted by atomic mass is 9.95. The lowest BCUT2D eigenvalue weighted by molar-refractivity contribution is -0.908. The minimum Gasteiger partial charge on any atom is -0.507 e. The third kappa shape index (κ3) is 4.77. The number of H-pyrrole nitrogens is 1. The number of aliphatic hydroxyl groups is 1. The number of nitrogens with zero attached hydrogens (tertiary/aromatic N) is 1. The van der Waals surface area contributed by atoms with E-state index >= 15 is 0 Å². The summed E-state index contributed by atoms with van der Waals surface area (Å²) >= 11 is 0. The van der Waals surface area contributed by atoms with Gasteiger partial charge in [-0.15, -0.1) is 0 Å². The van der Waals surface area contributed by atoms with Crippen LogP contribution in [0.25, 0.3) is 5.76 Å². The van der Waals surface area contributed by atoms with Gasteiger partial charge in [-0.25, -0.2) is 4.98 Å². The number of Topliss-reactive ketones (excluding diaryl/α,β-unsaturated/α-hetero) is 1. The highest BCUT2D eigenvalue weighted by atomic mass is 16.5. The summed E-state index contributed by atoms with van der Waals surface area (Å²) in [5, 5.41) is 11.2. The molecule has 0 radical (unpaired) electrons. The molecule has 8 heteroatoms. The van der Waals surface area contributed by atoms with Crippen molar-refractivity contribution in [3.63, 3.8) is 0 Å². The van der Waals surface area contributed by atoms with E-state index in [1.54, 1.807) is 42.6 Å². The standard InChI is InChI=1S/C25H29N3O5/c1-17-16-19(4-5-20(17)32-2)23(29)21-22(18-6-8-26-9-7-18)28(25(31)24(21)30)11-3-10-27-12-14-33-15-13-27/h4-9,16,22,29H,3,10-15H2,1-2H3/p+2. The summed E-state index contributed by atoms with van der Waals surface area (Å²) in [6, 6.07) is 8.25. The van der Waals surface area contributed by atoms with Crippen LogP contribution in [0.5, 0.6) is 5.75 Å². The van der Waals surface area contributed by atoms with E-state index in [0.717, 1.165) is 50.4 Å². The molecule has 4 rings (SSSR count). The van der Waals surface area contributed by atoms with Crippen molar-refractivity contribution in [1.29, 1.82) is 0 Å². The molecule has 2 fully saturated rings. The van der Waals surface area contributed by atoms with Crippen molar-refractivity contribution in [3.05, 3.63) is 65.0 Å². The molecule has 0 bridgehead atoms. The number of quaternary nitrogens is 1. The van der Waals surface area contributed by atoms with Crippen molar-refractivity contribution in [3.8, 4) is 5.75 Å². The first-order chi connectivity index (χ1) is 16.0.